The van der Waals surface area contributed by atoms with E-state index in [9.17, 15) is 9.59 Å². The SMILES string of the molecule is C=C(C)[C@@H]1CC[C@]2(C=O)CC[C@]3(C)[C@@H](CC[C@@H]4[C@@]5(C)CCC(=O)C(C)(C)[C@@H]5CC[C@]43C)[C@H]12. The molecule has 2 heteroatoms. The lowest BCUT2D eigenvalue weighted by molar-refractivity contribution is -0.231. The quantitative estimate of drug-likeness (QED) is 0.332. The molecular weight excluding hydrogens is 392 g/mol. The summed E-state index contributed by atoms with van der Waals surface area (Å²) in [5.41, 5.74) is 1.87. The number of Topliss-reactive ketones (excluding diaryl/α,β-unsaturated/α-hetero) is 1. The van der Waals surface area contributed by atoms with Gasteiger partial charge in [0.2, 0.25) is 0 Å². The average Bonchev–Trinajstić information content (AvgIpc) is 3.12. The first-order chi connectivity index (χ1) is 14.9. The highest BCUT2D eigenvalue weighted by Crippen LogP contribution is 2.77. The number of rotatable bonds is 2. The van der Waals surface area contributed by atoms with E-state index in [-0.39, 0.29) is 21.7 Å². The maximum atomic E-state index is 12.9. The van der Waals surface area contributed by atoms with Gasteiger partial charge in [-0.2, -0.15) is 0 Å². The van der Waals surface area contributed by atoms with Gasteiger partial charge in [0.15, 0.2) is 0 Å². The second-order valence-electron chi connectivity index (χ2n) is 14.2. The first kappa shape index (κ1) is 22.9. The number of hydrogen-bond acceptors (Lipinski definition) is 2. The molecule has 0 unspecified atom stereocenters. The summed E-state index contributed by atoms with van der Waals surface area (Å²) in [7, 11) is 0. The third kappa shape index (κ3) is 2.54. The molecule has 0 heterocycles. The van der Waals surface area contributed by atoms with Crippen molar-refractivity contribution in [1.29, 1.82) is 0 Å². The lowest BCUT2D eigenvalue weighted by Crippen LogP contribution is -2.66. The Kier molecular flexibility index (Phi) is 4.87. The molecule has 0 aromatic heterocycles. The molecule has 2 nitrogen and oxygen atoms in total. The average molecular weight is 439 g/mol. The van der Waals surface area contributed by atoms with Crippen LogP contribution < -0.4 is 0 Å². The summed E-state index contributed by atoms with van der Waals surface area (Å²) in [5.74, 6) is 3.34. The van der Waals surface area contributed by atoms with Crippen molar-refractivity contribution in [1.82, 2.24) is 0 Å². The molecule has 0 aromatic carbocycles. The minimum Gasteiger partial charge on any atom is -0.303 e. The van der Waals surface area contributed by atoms with Gasteiger partial charge in [0.25, 0.3) is 0 Å². The van der Waals surface area contributed by atoms with Crippen molar-refractivity contribution >= 4 is 12.1 Å². The van der Waals surface area contributed by atoms with Crippen LogP contribution in [0.5, 0.6) is 0 Å². The van der Waals surface area contributed by atoms with Crippen LogP contribution in [0.3, 0.4) is 0 Å². The Morgan fingerprint density at radius 1 is 0.875 bits per heavy atom. The molecule has 0 aromatic rings. The van der Waals surface area contributed by atoms with E-state index < -0.39 is 0 Å². The zero-order valence-electron chi connectivity index (χ0n) is 21.6. The van der Waals surface area contributed by atoms with Gasteiger partial charge in [-0.3, -0.25) is 4.79 Å². The van der Waals surface area contributed by atoms with Crippen molar-refractivity contribution in [2.24, 2.45) is 56.7 Å². The van der Waals surface area contributed by atoms with Crippen molar-refractivity contribution in [2.45, 2.75) is 106 Å². The normalized spacial score (nSPS) is 54.1. The largest absolute Gasteiger partial charge is 0.303 e. The highest BCUT2D eigenvalue weighted by Gasteiger charge is 2.70. The van der Waals surface area contributed by atoms with Crippen molar-refractivity contribution in [3.8, 4) is 0 Å². The van der Waals surface area contributed by atoms with E-state index in [1.165, 1.54) is 44.0 Å². The van der Waals surface area contributed by atoms with Gasteiger partial charge in [-0.15, -0.1) is 0 Å². The molecule has 9 atom stereocenters. The van der Waals surface area contributed by atoms with Gasteiger partial charge < -0.3 is 4.79 Å². The molecule has 5 saturated carbocycles. The molecule has 0 N–H and O–H groups in total. The van der Waals surface area contributed by atoms with Gasteiger partial charge in [-0.1, -0.05) is 46.8 Å². The van der Waals surface area contributed by atoms with E-state index in [0.29, 0.717) is 40.8 Å². The highest BCUT2D eigenvalue weighted by atomic mass is 16.1. The number of aldehydes is 1. The van der Waals surface area contributed by atoms with Gasteiger partial charge in [0, 0.05) is 17.3 Å². The fourth-order valence-corrected chi connectivity index (χ4v) is 11.2. The molecular formula is C30H46O2. The van der Waals surface area contributed by atoms with Crippen LogP contribution in [0, 0.1) is 56.7 Å². The Labute approximate surface area is 196 Å². The molecule has 0 bridgehead atoms. The van der Waals surface area contributed by atoms with E-state index >= 15 is 0 Å². The Balaban J connectivity index is 1.56. The summed E-state index contributed by atoms with van der Waals surface area (Å²) in [6, 6.07) is 0. The molecule has 5 fully saturated rings. The van der Waals surface area contributed by atoms with E-state index in [1.54, 1.807) is 0 Å². The van der Waals surface area contributed by atoms with Crippen LogP contribution in [0.25, 0.3) is 0 Å². The molecule has 0 radical (unpaired) electrons. The van der Waals surface area contributed by atoms with Crippen LogP contribution in [-0.2, 0) is 9.59 Å². The monoisotopic (exact) mass is 438 g/mol. The summed E-state index contributed by atoms with van der Waals surface area (Å²) >= 11 is 0. The third-order valence-electron chi connectivity index (χ3n) is 13.1. The second kappa shape index (κ2) is 6.82. The lowest BCUT2D eigenvalue weighted by Gasteiger charge is -2.72. The topological polar surface area (TPSA) is 34.1 Å². The molecule has 0 saturated heterocycles. The molecule has 5 aliphatic carbocycles. The summed E-state index contributed by atoms with van der Waals surface area (Å²) < 4.78 is 0. The Morgan fingerprint density at radius 3 is 2.25 bits per heavy atom. The Morgan fingerprint density at radius 2 is 1.59 bits per heavy atom. The first-order valence-corrected chi connectivity index (χ1v) is 13.5. The van der Waals surface area contributed by atoms with Crippen LogP contribution in [-0.4, -0.2) is 12.1 Å². The minimum atomic E-state index is -0.179. The predicted molar refractivity (Wildman–Crippen MR) is 130 cm³/mol. The maximum Gasteiger partial charge on any atom is 0.138 e. The summed E-state index contributed by atoms with van der Waals surface area (Å²) in [5, 5.41) is 0. The molecule has 178 valence electrons. The molecule has 0 amide bonds. The number of hydrogen-bond donors (Lipinski definition) is 0. The van der Waals surface area contributed by atoms with Crippen molar-refractivity contribution < 1.29 is 9.59 Å². The summed E-state index contributed by atoms with van der Waals surface area (Å²) in [6.45, 7) is 18.9. The Hall–Kier alpha value is -0.920. The van der Waals surface area contributed by atoms with Crippen LogP contribution in [0.2, 0.25) is 0 Å². The summed E-state index contributed by atoms with van der Waals surface area (Å²) in [4.78, 5) is 25.4. The summed E-state index contributed by atoms with van der Waals surface area (Å²) in [6.07, 6.45) is 12.7. The van der Waals surface area contributed by atoms with Gasteiger partial charge in [-0.25, -0.2) is 0 Å². The first-order valence-electron chi connectivity index (χ1n) is 13.5. The smallest absolute Gasteiger partial charge is 0.138 e. The van der Waals surface area contributed by atoms with E-state index in [2.05, 4.69) is 48.1 Å². The molecule has 0 aliphatic heterocycles. The Bertz CT molecular complexity index is 855. The van der Waals surface area contributed by atoms with Crippen LogP contribution >= 0.6 is 0 Å². The maximum absolute atomic E-state index is 12.9. The fraction of sp³-hybridized carbons (Fsp3) is 0.867. The number of carbonyl (C=O) groups excluding carboxylic acids is 2. The standard InChI is InChI=1S/C30H46O2/c1-19(2)20-10-15-30(18-31)17-16-28(6)21(25(20)30)8-9-23-27(5)13-12-24(32)26(3,4)22(27)11-14-29(23,28)7/h18,20-23,25H,1,8-17H2,2-7H3/t20-,21-,22-,23+,25-,27-,28+,29+,30+/m0/s1. The number of carbonyl (C=O) groups is 2. The molecule has 5 aliphatic rings. The van der Waals surface area contributed by atoms with E-state index in [0.717, 1.165) is 32.1 Å². The molecule has 0 spiro atoms. The van der Waals surface area contributed by atoms with E-state index in [1.807, 2.05) is 0 Å². The van der Waals surface area contributed by atoms with Crippen LogP contribution in [0.15, 0.2) is 12.2 Å². The minimum absolute atomic E-state index is 0.0999. The predicted octanol–water partition coefficient (Wildman–Crippen LogP) is 7.41. The third-order valence-corrected chi connectivity index (χ3v) is 13.1. The van der Waals surface area contributed by atoms with Crippen LogP contribution in [0.4, 0.5) is 0 Å². The molecule has 5 rings (SSSR count). The highest BCUT2D eigenvalue weighted by molar-refractivity contribution is 5.85. The second-order valence-corrected chi connectivity index (χ2v) is 14.2. The fourth-order valence-electron chi connectivity index (χ4n) is 11.2. The van der Waals surface area contributed by atoms with Crippen LogP contribution in [0.1, 0.15) is 106 Å². The zero-order valence-corrected chi connectivity index (χ0v) is 21.6. The molecule has 32 heavy (non-hydrogen) atoms. The number of allylic oxidation sites excluding steroid dienone is 1. The number of fused-ring (bicyclic) bond motifs is 7. The lowest BCUT2D eigenvalue weighted by atomic mass is 9.32. The van der Waals surface area contributed by atoms with Gasteiger partial charge in [-0.05, 0) is 111 Å². The van der Waals surface area contributed by atoms with Crippen molar-refractivity contribution in [2.75, 3.05) is 0 Å². The number of ketones is 1. The van der Waals surface area contributed by atoms with Gasteiger partial charge in [0.1, 0.15) is 12.1 Å². The van der Waals surface area contributed by atoms with E-state index in [4.69, 9.17) is 0 Å². The van der Waals surface area contributed by atoms with Crippen molar-refractivity contribution in [3.05, 3.63) is 12.2 Å². The van der Waals surface area contributed by atoms with Crippen molar-refractivity contribution in [3.63, 3.8) is 0 Å². The van der Waals surface area contributed by atoms with Gasteiger partial charge in [0.05, 0.1) is 0 Å². The zero-order chi connectivity index (χ0) is 23.3. The van der Waals surface area contributed by atoms with Gasteiger partial charge >= 0.3 is 0 Å².